The molecule has 0 fully saturated rings. The number of benzene rings is 1. The lowest BCUT2D eigenvalue weighted by Crippen LogP contribution is -2.12. The van der Waals surface area contributed by atoms with E-state index in [0.29, 0.717) is 22.5 Å². The summed E-state index contributed by atoms with van der Waals surface area (Å²) in [6.07, 6.45) is 0. The van der Waals surface area contributed by atoms with Crippen molar-refractivity contribution in [3.05, 3.63) is 69.0 Å². The van der Waals surface area contributed by atoms with Crippen LogP contribution in [0.3, 0.4) is 0 Å². The molecule has 2 N–H and O–H groups in total. The zero-order valence-corrected chi connectivity index (χ0v) is 13.0. The zero-order valence-electron chi connectivity index (χ0n) is 11.4. The van der Waals surface area contributed by atoms with Crippen LogP contribution in [0.1, 0.15) is 20.7 Å². The van der Waals surface area contributed by atoms with Gasteiger partial charge in [0.15, 0.2) is 0 Å². The van der Waals surface area contributed by atoms with Crippen LogP contribution in [0.2, 0.25) is 0 Å². The first kappa shape index (κ1) is 14.5. The van der Waals surface area contributed by atoms with Gasteiger partial charge in [-0.15, -0.1) is 0 Å². The van der Waals surface area contributed by atoms with E-state index in [1.54, 1.807) is 47.2 Å². The summed E-state index contributed by atoms with van der Waals surface area (Å²) in [6.45, 7) is 0. The van der Waals surface area contributed by atoms with Gasteiger partial charge in [-0.3, -0.25) is 9.59 Å². The van der Waals surface area contributed by atoms with Crippen LogP contribution in [-0.4, -0.2) is 11.8 Å². The van der Waals surface area contributed by atoms with Crippen molar-refractivity contribution in [1.29, 1.82) is 0 Å². The maximum absolute atomic E-state index is 11.9. The molecule has 3 rings (SSSR count). The van der Waals surface area contributed by atoms with E-state index in [4.69, 9.17) is 0 Å². The number of hydrogen-bond donors (Lipinski definition) is 2. The average Bonchev–Trinajstić information content (AvgIpc) is 3.23. The van der Waals surface area contributed by atoms with Gasteiger partial charge in [0.1, 0.15) is 0 Å². The van der Waals surface area contributed by atoms with Gasteiger partial charge in [-0.1, -0.05) is 0 Å². The lowest BCUT2D eigenvalue weighted by molar-refractivity contribution is 0.101. The van der Waals surface area contributed by atoms with Gasteiger partial charge in [0, 0.05) is 22.1 Å². The van der Waals surface area contributed by atoms with E-state index in [0.717, 1.165) is 0 Å². The fraction of sp³-hybridized carbons (Fsp3) is 0. The quantitative estimate of drug-likeness (QED) is 0.749. The van der Waals surface area contributed by atoms with E-state index >= 15 is 0 Å². The predicted molar refractivity (Wildman–Crippen MR) is 91.0 cm³/mol. The zero-order chi connectivity index (χ0) is 15.4. The monoisotopic (exact) mass is 328 g/mol. The molecule has 22 heavy (non-hydrogen) atoms. The molecule has 2 aromatic heterocycles. The summed E-state index contributed by atoms with van der Waals surface area (Å²) in [7, 11) is 0. The first-order chi connectivity index (χ1) is 10.7. The van der Waals surface area contributed by atoms with Crippen molar-refractivity contribution in [2.24, 2.45) is 0 Å². The first-order valence-corrected chi connectivity index (χ1v) is 8.38. The largest absolute Gasteiger partial charge is 0.322 e. The van der Waals surface area contributed by atoms with Gasteiger partial charge in [0.2, 0.25) is 0 Å². The van der Waals surface area contributed by atoms with Crippen molar-refractivity contribution in [1.82, 2.24) is 0 Å². The molecule has 0 atom stereocenters. The molecule has 2 heterocycles. The normalized spacial score (nSPS) is 10.2. The van der Waals surface area contributed by atoms with Crippen molar-refractivity contribution in [2.45, 2.75) is 0 Å². The maximum Gasteiger partial charge on any atom is 0.256 e. The standard InChI is InChI=1S/C16H12N2O2S2/c19-15(11-5-7-21-9-11)17-13-1-2-14(4-3-13)18-16(20)12-6-8-22-10-12/h1-10H,(H,17,19)(H,18,20). The Kier molecular flexibility index (Phi) is 4.32. The lowest BCUT2D eigenvalue weighted by Gasteiger charge is -2.07. The minimum Gasteiger partial charge on any atom is -0.322 e. The van der Waals surface area contributed by atoms with E-state index in [1.165, 1.54) is 22.7 Å². The minimum absolute atomic E-state index is 0.142. The summed E-state index contributed by atoms with van der Waals surface area (Å²) in [6, 6.07) is 10.6. The Morgan fingerprint density at radius 2 is 1.09 bits per heavy atom. The minimum atomic E-state index is -0.142. The number of amides is 2. The molecule has 0 unspecified atom stereocenters. The van der Waals surface area contributed by atoms with Crippen LogP contribution in [0.25, 0.3) is 0 Å². The highest BCUT2D eigenvalue weighted by atomic mass is 32.1. The van der Waals surface area contributed by atoms with Crippen LogP contribution in [0.4, 0.5) is 11.4 Å². The summed E-state index contributed by atoms with van der Waals surface area (Å²) in [5.74, 6) is -0.285. The Hall–Kier alpha value is -2.44. The topological polar surface area (TPSA) is 58.2 Å². The number of carbonyl (C=O) groups excluding carboxylic acids is 2. The van der Waals surface area contributed by atoms with Crippen LogP contribution >= 0.6 is 22.7 Å². The number of anilines is 2. The van der Waals surface area contributed by atoms with Crippen molar-refractivity contribution in [3.63, 3.8) is 0 Å². The summed E-state index contributed by atoms with van der Waals surface area (Å²) in [5, 5.41) is 12.9. The van der Waals surface area contributed by atoms with Crippen LogP contribution < -0.4 is 10.6 Å². The van der Waals surface area contributed by atoms with Crippen LogP contribution in [0.5, 0.6) is 0 Å². The molecule has 3 aromatic rings. The van der Waals surface area contributed by atoms with Crippen LogP contribution in [0.15, 0.2) is 57.9 Å². The summed E-state index contributed by atoms with van der Waals surface area (Å²) < 4.78 is 0. The highest BCUT2D eigenvalue weighted by Gasteiger charge is 2.08. The van der Waals surface area contributed by atoms with Crippen molar-refractivity contribution < 1.29 is 9.59 Å². The molecule has 0 spiro atoms. The summed E-state index contributed by atoms with van der Waals surface area (Å²) in [5.41, 5.74) is 2.65. The van der Waals surface area contributed by atoms with E-state index in [2.05, 4.69) is 10.6 Å². The smallest absolute Gasteiger partial charge is 0.256 e. The Labute approximate surface area is 135 Å². The second kappa shape index (κ2) is 6.55. The first-order valence-electron chi connectivity index (χ1n) is 6.49. The Morgan fingerprint density at radius 3 is 1.41 bits per heavy atom. The van der Waals surface area contributed by atoms with Crippen LogP contribution in [0, 0.1) is 0 Å². The molecule has 110 valence electrons. The number of carbonyl (C=O) groups is 2. The third-order valence-corrected chi connectivity index (χ3v) is 4.33. The second-order valence-corrected chi connectivity index (χ2v) is 6.07. The molecule has 1 aromatic carbocycles. The molecule has 0 aliphatic rings. The molecule has 0 bridgehead atoms. The molecule has 4 nitrogen and oxygen atoms in total. The van der Waals surface area contributed by atoms with E-state index in [1.807, 2.05) is 10.8 Å². The van der Waals surface area contributed by atoms with Gasteiger partial charge in [-0.05, 0) is 47.2 Å². The molecule has 0 aliphatic heterocycles. The predicted octanol–water partition coefficient (Wildman–Crippen LogP) is 4.31. The third-order valence-electron chi connectivity index (χ3n) is 2.97. The summed E-state index contributed by atoms with van der Waals surface area (Å²) >= 11 is 2.96. The van der Waals surface area contributed by atoms with Crippen LogP contribution in [-0.2, 0) is 0 Å². The molecule has 6 heteroatoms. The molecule has 0 radical (unpaired) electrons. The fourth-order valence-electron chi connectivity index (χ4n) is 1.83. The van der Waals surface area contributed by atoms with Gasteiger partial charge in [-0.25, -0.2) is 0 Å². The second-order valence-electron chi connectivity index (χ2n) is 4.51. The Morgan fingerprint density at radius 1 is 0.682 bits per heavy atom. The van der Waals surface area contributed by atoms with Gasteiger partial charge in [0.25, 0.3) is 11.8 Å². The van der Waals surface area contributed by atoms with E-state index in [-0.39, 0.29) is 11.8 Å². The van der Waals surface area contributed by atoms with Gasteiger partial charge >= 0.3 is 0 Å². The molecule has 2 amide bonds. The van der Waals surface area contributed by atoms with E-state index in [9.17, 15) is 9.59 Å². The fourth-order valence-corrected chi connectivity index (χ4v) is 3.10. The number of nitrogens with one attached hydrogen (secondary N) is 2. The van der Waals surface area contributed by atoms with Gasteiger partial charge < -0.3 is 10.6 Å². The highest BCUT2D eigenvalue weighted by molar-refractivity contribution is 7.08. The molecule has 0 aliphatic carbocycles. The molecule has 0 saturated carbocycles. The number of rotatable bonds is 4. The van der Waals surface area contributed by atoms with Crippen molar-refractivity contribution in [2.75, 3.05) is 10.6 Å². The Balaban J connectivity index is 1.63. The Bertz CT molecular complexity index is 696. The molecular weight excluding hydrogens is 316 g/mol. The van der Waals surface area contributed by atoms with Crippen molar-refractivity contribution >= 4 is 45.9 Å². The van der Waals surface area contributed by atoms with Crippen molar-refractivity contribution in [3.8, 4) is 0 Å². The maximum atomic E-state index is 11.9. The number of hydrogen-bond acceptors (Lipinski definition) is 4. The van der Waals surface area contributed by atoms with E-state index < -0.39 is 0 Å². The SMILES string of the molecule is O=C(Nc1ccc(NC(=O)c2ccsc2)cc1)c1ccsc1. The third kappa shape index (κ3) is 3.41. The lowest BCUT2D eigenvalue weighted by atomic mass is 10.2. The molecular formula is C16H12N2O2S2. The number of thiophene rings is 2. The van der Waals surface area contributed by atoms with Gasteiger partial charge in [-0.2, -0.15) is 22.7 Å². The highest BCUT2D eigenvalue weighted by Crippen LogP contribution is 2.17. The average molecular weight is 328 g/mol. The summed E-state index contributed by atoms with van der Waals surface area (Å²) in [4.78, 5) is 23.8. The molecule has 0 saturated heterocycles. The van der Waals surface area contributed by atoms with Gasteiger partial charge in [0.05, 0.1) is 11.1 Å².